The first-order valence-electron chi connectivity index (χ1n) is 6.32. The molecule has 0 unspecified atom stereocenters. The second kappa shape index (κ2) is 8.65. The first kappa shape index (κ1) is 16.6. The summed E-state index contributed by atoms with van der Waals surface area (Å²) in [6.07, 6.45) is 0.878. The number of carbonyl (C=O) groups is 1. The van der Waals surface area contributed by atoms with Crippen LogP contribution in [0.5, 0.6) is 0 Å². The molecule has 0 spiro atoms. The summed E-state index contributed by atoms with van der Waals surface area (Å²) in [6.45, 7) is 3.73. The van der Waals surface area contributed by atoms with Crippen LogP contribution in [0.4, 0.5) is 5.69 Å². The molecular formula is C13H17BrN2O4. The molecule has 1 N–H and O–H groups in total. The molecule has 0 saturated carbocycles. The predicted octanol–water partition coefficient (Wildman–Crippen LogP) is 2.44. The Bertz CT molecular complexity index is 479. The van der Waals surface area contributed by atoms with Crippen molar-refractivity contribution in [3.8, 4) is 0 Å². The maximum Gasteiger partial charge on any atom is 0.283 e. The van der Waals surface area contributed by atoms with E-state index in [-0.39, 0.29) is 18.0 Å². The minimum absolute atomic E-state index is 0.0355. The summed E-state index contributed by atoms with van der Waals surface area (Å²) >= 11 is 3.11. The fraction of sp³-hybridized carbons (Fsp3) is 0.462. The molecule has 7 heteroatoms. The summed E-state index contributed by atoms with van der Waals surface area (Å²) in [7, 11) is 0. The topological polar surface area (TPSA) is 81.5 Å². The van der Waals surface area contributed by atoms with Crippen LogP contribution in [0.2, 0.25) is 0 Å². The smallest absolute Gasteiger partial charge is 0.283 e. The summed E-state index contributed by atoms with van der Waals surface area (Å²) in [5, 5.41) is 13.5. The maximum atomic E-state index is 11.7. The number of hydrogen-bond donors (Lipinski definition) is 1. The number of nitro groups is 1. The van der Waals surface area contributed by atoms with E-state index in [2.05, 4.69) is 21.2 Å². The molecule has 0 fully saturated rings. The number of nitrogens with one attached hydrogen (secondary N) is 1. The van der Waals surface area contributed by atoms with Crippen molar-refractivity contribution >= 4 is 27.5 Å². The van der Waals surface area contributed by atoms with E-state index in [9.17, 15) is 14.9 Å². The average Bonchev–Trinajstić information content (AvgIpc) is 2.40. The molecule has 0 atom stereocenters. The highest BCUT2D eigenvalue weighted by Gasteiger charge is 2.13. The zero-order chi connectivity index (χ0) is 15.0. The molecule has 0 aliphatic heterocycles. The molecule has 1 amide bonds. The van der Waals surface area contributed by atoms with Gasteiger partial charge in [0.25, 0.3) is 5.69 Å². The Morgan fingerprint density at radius 3 is 2.90 bits per heavy atom. The van der Waals surface area contributed by atoms with Crippen molar-refractivity contribution in [1.82, 2.24) is 5.32 Å². The lowest BCUT2D eigenvalue weighted by Gasteiger charge is -2.06. The third kappa shape index (κ3) is 5.66. The van der Waals surface area contributed by atoms with Crippen molar-refractivity contribution in [2.75, 3.05) is 19.8 Å². The number of ether oxygens (including phenoxy) is 1. The number of halogens is 1. The Balaban J connectivity index is 2.46. The van der Waals surface area contributed by atoms with Gasteiger partial charge in [0.15, 0.2) is 0 Å². The van der Waals surface area contributed by atoms with Crippen LogP contribution in [-0.4, -0.2) is 30.6 Å². The summed E-state index contributed by atoms with van der Waals surface area (Å²) in [4.78, 5) is 22.0. The normalized spacial score (nSPS) is 10.3. The van der Waals surface area contributed by atoms with E-state index in [1.807, 2.05) is 6.92 Å². The number of amides is 1. The van der Waals surface area contributed by atoms with E-state index < -0.39 is 4.92 Å². The van der Waals surface area contributed by atoms with Gasteiger partial charge in [-0.2, -0.15) is 0 Å². The molecule has 0 aliphatic carbocycles. The minimum Gasteiger partial charge on any atom is -0.382 e. The van der Waals surface area contributed by atoms with Gasteiger partial charge in [-0.25, -0.2) is 0 Å². The first-order valence-corrected chi connectivity index (χ1v) is 7.11. The van der Waals surface area contributed by atoms with Gasteiger partial charge >= 0.3 is 0 Å². The van der Waals surface area contributed by atoms with E-state index in [1.54, 1.807) is 12.1 Å². The summed E-state index contributed by atoms with van der Waals surface area (Å²) in [6, 6.07) is 4.68. The van der Waals surface area contributed by atoms with Crippen LogP contribution in [0.3, 0.4) is 0 Å². The highest BCUT2D eigenvalue weighted by Crippen LogP contribution is 2.25. The van der Waals surface area contributed by atoms with Crippen LogP contribution in [-0.2, 0) is 16.0 Å². The summed E-state index contributed by atoms with van der Waals surface area (Å²) < 4.78 is 5.56. The van der Waals surface area contributed by atoms with Gasteiger partial charge in [0, 0.05) is 25.8 Å². The summed E-state index contributed by atoms with van der Waals surface area (Å²) in [5.41, 5.74) is 0.578. The molecule has 6 nitrogen and oxygen atoms in total. The van der Waals surface area contributed by atoms with Gasteiger partial charge in [-0.15, -0.1) is 0 Å². The number of nitro benzene ring substituents is 1. The van der Waals surface area contributed by atoms with Gasteiger partial charge in [0.2, 0.25) is 5.91 Å². The molecular weight excluding hydrogens is 328 g/mol. The van der Waals surface area contributed by atoms with Gasteiger partial charge in [0.05, 0.1) is 15.8 Å². The Morgan fingerprint density at radius 2 is 2.25 bits per heavy atom. The fourth-order valence-electron chi connectivity index (χ4n) is 1.60. The highest BCUT2D eigenvalue weighted by molar-refractivity contribution is 9.10. The predicted molar refractivity (Wildman–Crippen MR) is 78.6 cm³/mol. The Kier molecular flexibility index (Phi) is 7.17. The van der Waals surface area contributed by atoms with Gasteiger partial charge in [0.1, 0.15) is 0 Å². The average molecular weight is 345 g/mol. The lowest BCUT2D eigenvalue weighted by molar-refractivity contribution is -0.385. The van der Waals surface area contributed by atoms with E-state index >= 15 is 0 Å². The zero-order valence-corrected chi connectivity index (χ0v) is 12.8. The van der Waals surface area contributed by atoms with E-state index in [4.69, 9.17) is 4.74 Å². The molecule has 110 valence electrons. The molecule has 0 bridgehead atoms. The van der Waals surface area contributed by atoms with Crippen LogP contribution >= 0.6 is 15.9 Å². The molecule has 0 aliphatic rings. The van der Waals surface area contributed by atoms with Gasteiger partial charge in [-0.3, -0.25) is 14.9 Å². The molecule has 1 rings (SSSR count). The van der Waals surface area contributed by atoms with Gasteiger partial charge in [-0.05, 0) is 40.9 Å². The third-order valence-corrected chi connectivity index (χ3v) is 3.23. The largest absolute Gasteiger partial charge is 0.382 e. The molecule has 0 heterocycles. The van der Waals surface area contributed by atoms with Crippen LogP contribution in [0, 0.1) is 10.1 Å². The third-order valence-electron chi connectivity index (χ3n) is 2.56. The number of benzene rings is 1. The quantitative estimate of drug-likeness (QED) is 0.446. The number of nitrogens with zero attached hydrogens (tertiary/aromatic N) is 1. The van der Waals surface area contributed by atoms with Crippen molar-refractivity contribution < 1.29 is 14.5 Å². The molecule has 1 aromatic rings. The van der Waals surface area contributed by atoms with Crippen LogP contribution in [0.1, 0.15) is 18.9 Å². The number of rotatable bonds is 8. The molecule has 1 aromatic carbocycles. The minimum atomic E-state index is -0.479. The summed E-state index contributed by atoms with van der Waals surface area (Å²) in [5.74, 6) is -0.155. The molecule has 20 heavy (non-hydrogen) atoms. The molecule has 0 radical (unpaired) electrons. The Morgan fingerprint density at radius 1 is 1.50 bits per heavy atom. The van der Waals surface area contributed by atoms with Crippen molar-refractivity contribution in [1.29, 1.82) is 0 Å². The Labute approximate surface area is 125 Å². The SMILES string of the molecule is CCOCCCNC(=O)Cc1ccc(Br)c([N+](=O)[O-])c1. The Hall–Kier alpha value is -1.47. The number of hydrogen-bond acceptors (Lipinski definition) is 4. The van der Waals surface area contributed by atoms with Crippen LogP contribution in [0.25, 0.3) is 0 Å². The van der Waals surface area contributed by atoms with Gasteiger partial charge in [-0.1, -0.05) is 6.07 Å². The van der Waals surface area contributed by atoms with Crippen LogP contribution < -0.4 is 5.32 Å². The van der Waals surface area contributed by atoms with E-state index in [0.29, 0.717) is 29.8 Å². The first-order chi connectivity index (χ1) is 9.54. The molecule has 0 aromatic heterocycles. The lowest BCUT2D eigenvalue weighted by atomic mass is 10.1. The fourth-order valence-corrected chi connectivity index (χ4v) is 1.99. The highest BCUT2D eigenvalue weighted by atomic mass is 79.9. The van der Waals surface area contributed by atoms with Crippen molar-refractivity contribution in [3.05, 3.63) is 38.3 Å². The van der Waals surface area contributed by atoms with Crippen molar-refractivity contribution in [2.45, 2.75) is 19.8 Å². The van der Waals surface area contributed by atoms with E-state index in [1.165, 1.54) is 6.07 Å². The van der Waals surface area contributed by atoms with Crippen molar-refractivity contribution in [2.24, 2.45) is 0 Å². The molecule has 0 saturated heterocycles. The maximum absolute atomic E-state index is 11.7. The zero-order valence-electron chi connectivity index (χ0n) is 11.2. The van der Waals surface area contributed by atoms with Crippen molar-refractivity contribution in [3.63, 3.8) is 0 Å². The standard InChI is InChI=1S/C13H17BrN2O4/c1-2-20-7-3-6-15-13(17)9-10-4-5-11(14)12(8-10)16(18)19/h4-5,8H,2-3,6-7,9H2,1H3,(H,15,17). The second-order valence-corrected chi connectivity index (χ2v) is 4.97. The lowest BCUT2D eigenvalue weighted by Crippen LogP contribution is -2.26. The van der Waals surface area contributed by atoms with Gasteiger partial charge < -0.3 is 10.1 Å². The van der Waals surface area contributed by atoms with E-state index in [0.717, 1.165) is 6.42 Å². The van der Waals surface area contributed by atoms with Crippen LogP contribution in [0.15, 0.2) is 22.7 Å². The number of carbonyl (C=O) groups excluding carboxylic acids is 1. The second-order valence-electron chi connectivity index (χ2n) is 4.12. The monoisotopic (exact) mass is 344 g/mol.